The van der Waals surface area contributed by atoms with Crippen LogP contribution < -0.4 is 20.2 Å². The molecule has 5 heterocycles. The number of unbranched alkanes of at least 4 members (excludes halogenated alkanes) is 8. The molecule has 8 bridgehead atoms. The third kappa shape index (κ3) is 12.4. The number of alkyl halides is 2. The Bertz CT molecular complexity index is 2550. The van der Waals surface area contributed by atoms with Crippen LogP contribution in [-0.4, -0.2) is 104 Å². The number of ether oxygens (including phenoxy) is 2. The number of halogens is 2. The van der Waals surface area contributed by atoms with Gasteiger partial charge in [0.25, 0.3) is 0 Å². The second-order valence-corrected chi connectivity index (χ2v) is 21.2. The Balaban J connectivity index is 1.31. The van der Waals surface area contributed by atoms with Crippen LogP contribution in [0.3, 0.4) is 0 Å². The molecule has 0 amide bonds. The second-order valence-electron chi connectivity index (χ2n) is 20.1. The van der Waals surface area contributed by atoms with Crippen molar-refractivity contribution >= 4 is 51.8 Å². The molecule has 4 aromatic rings. The van der Waals surface area contributed by atoms with Gasteiger partial charge in [0.2, 0.25) is 0 Å². The maximum absolute atomic E-state index is 8.08. The van der Waals surface area contributed by atoms with Crippen LogP contribution in [0.15, 0.2) is 113 Å². The van der Waals surface area contributed by atoms with E-state index in [1.807, 2.05) is 54.6 Å². The fourth-order valence-corrected chi connectivity index (χ4v) is 9.67. The molecule has 7 rings (SSSR count). The number of quaternary nitrogens is 2. The SMILES string of the molecule is CCCCCCCCCCCC1=c2ccc([nH]2)=C(c2cccc(OCCC[N+](C)(C)C)c2)C2=NC(=Cc3ccc([nH]3)C(Cl)(c3cccc(OCCC[N+](C)(C)C)c3)C3(Cl)C=CC1=N3)C=C2. The number of hydrogen-bond acceptors (Lipinski definition) is 4. The van der Waals surface area contributed by atoms with E-state index < -0.39 is 9.87 Å². The number of allylic oxidation sites excluding steroid dienone is 3. The van der Waals surface area contributed by atoms with Crippen molar-refractivity contribution in [3.8, 4) is 11.5 Å². The molecule has 2 atom stereocenters. The summed E-state index contributed by atoms with van der Waals surface area (Å²) >= 11 is 16.0. The topological polar surface area (TPSA) is 74.8 Å². The molecule has 0 radical (unpaired) electrons. The highest BCUT2D eigenvalue weighted by Gasteiger charge is 2.53. The van der Waals surface area contributed by atoms with Gasteiger partial charge in [0.1, 0.15) is 11.5 Å². The largest absolute Gasteiger partial charge is 0.493 e. The minimum absolute atomic E-state index is 0.601. The summed E-state index contributed by atoms with van der Waals surface area (Å²) in [4.78, 5) is 15.5. The van der Waals surface area contributed by atoms with E-state index in [0.29, 0.717) is 13.2 Å². The van der Waals surface area contributed by atoms with Crippen LogP contribution in [0, 0.1) is 0 Å². The van der Waals surface area contributed by atoms with Gasteiger partial charge in [0.15, 0.2) is 9.87 Å². The van der Waals surface area contributed by atoms with Gasteiger partial charge in [-0.2, -0.15) is 0 Å². The molecule has 346 valence electrons. The highest BCUT2D eigenvalue weighted by atomic mass is 35.5. The number of nitrogens with one attached hydrogen (secondary N) is 2. The summed E-state index contributed by atoms with van der Waals surface area (Å²) in [5, 5.41) is 1.97. The van der Waals surface area contributed by atoms with Crippen molar-refractivity contribution in [2.45, 2.75) is 93.8 Å². The maximum atomic E-state index is 8.08. The molecule has 0 saturated carbocycles. The van der Waals surface area contributed by atoms with E-state index in [1.54, 1.807) is 0 Å². The van der Waals surface area contributed by atoms with Crippen LogP contribution >= 0.6 is 23.2 Å². The van der Waals surface area contributed by atoms with Crippen LogP contribution in [0.5, 0.6) is 11.5 Å². The fraction of sp³-hybridized carbons (Fsp3) is 0.455. The molecule has 2 unspecified atom stereocenters. The van der Waals surface area contributed by atoms with Crippen molar-refractivity contribution in [2.75, 3.05) is 68.6 Å². The van der Waals surface area contributed by atoms with Crippen LogP contribution in [0.4, 0.5) is 0 Å². The summed E-state index contributed by atoms with van der Waals surface area (Å²) in [5.74, 6) is 1.59. The van der Waals surface area contributed by atoms with Gasteiger partial charge < -0.3 is 28.4 Å². The van der Waals surface area contributed by atoms with Gasteiger partial charge in [-0.1, -0.05) is 94.2 Å². The molecule has 2 aromatic heterocycles. The number of fused-ring (bicyclic) bond motifs is 6. The van der Waals surface area contributed by atoms with Crippen LogP contribution in [0.25, 0.3) is 17.2 Å². The van der Waals surface area contributed by atoms with Crippen molar-refractivity contribution in [1.82, 2.24) is 9.97 Å². The molecule has 3 aliphatic rings. The van der Waals surface area contributed by atoms with Gasteiger partial charge in [-0.15, -0.1) is 11.6 Å². The van der Waals surface area contributed by atoms with E-state index in [1.165, 1.54) is 44.9 Å². The normalized spacial score (nSPS) is 19.4. The summed E-state index contributed by atoms with van der Waals surface area (Å²) in [7, 11) is 13.2. The average Bonchev–Trinajstić information content (AvgIpc) is 4.11. The number of aromatic amines is 2. The lowest BCUT2D eigenvalue weighted by atomic mass is 9.87. The van der Waals surface area contributed by atoms with Gasteiger partial charge >= 0.3 is 0 Å². The molecule has 0 spiro atoms. The first-order valence-electron chi connectivity index (χ1n) is 24.0. The lowest BCUT2D eigenvalue weighted by Crippen LogP contribution is -2.41. The predicted molar refractivity (Wildman–Crippen MR) is 274 cm³/mol. The Morgan fingerprint density at radius 1 is 0.631 bits per heavy atom. The lowest BCUT2D eigenvalue weighted by molar-refractivity contribution is -0.870. The molecule has 0 fully saturated rings. The number of aliphatic imine (C=N–C) groups is 2. The third-order valence-electron chi connectivity index (χ3n) is 12.5. The Morgan fingerprint density at radius 2 is 1.28 bits per heavy atom. The summed E-state index contributed by atoms with van der Waals surface area (Å²) in [6.45, 7) is 5.58. The first-order chi connectivity index (χ1) is 31.1. The number of H-pyrrole nitrogens is 2. The molecular weight excluding hydrogens is 848 g/mol. The van der Waals surface area contributed by atoms with E-state index >= 15 is 0 Å². The van der Waals surface area contributed by atoms with Gasteiger partial charge in [-0.3, -0.25) is 4.99 Å². The number of benzene rings is 2. The van der Waals surface area contributed by atoms with Crippen molar-refractivity contribution in [1.29, 1.82) is 0 Å². The fourth-order valence-electron chi connectivity index (χ4n) is 8.97. The zero-order valence-electron chi connectivity index (χ0n) is 40.0. The van der Waals surface area contributed by atoms with Crippen molar-refractivity contribution in [3.05, 3.63) is 136 Å². The van der Waals surface area contributed by atoms with Gasteiger partial charge in [-0.05, 0) is 103 Å². The predicted octanol–water partition coefficient (Wildman–Crippen LogP) is 11.1. The quantitative estimate of drug-likeness (QED) is 0.0357. The molecule has 0 saturated heterocycles. The van der Waals surface area contributed by atoms with Crippen LogP contribution in [0.1, 0.15) is 106 Å². The molecule has 0 aliphatic carbocycles. The van der Waals surface area contributed by atoms with Crippen molar-refractivity contribution < 1.29 is 18.4 Å². The summed E-state index contributed by atoms with van der Waals surface area (Å²) in [6, 6.07) is 24.8. The molecule has 2 aromatic carbocycles. The highest BCUT2D eigenvalue weighted by Crippen LogP contribution is 2.53. The maximum Gasteiger partial charge on any atom is 0.181 e. The Labute approximate surface area is 398 Å². The summed E-state index contributed by atoms with van der Waals surface area (Å²) in [6.07, 6.45) is 24.2. The first kappa shape index (κ1) is 48.3. The van der Waals surface area contributed by atoms with E-state index in [0.717, 1.165) is 127 Å². The van der Waals surface area contributed by atoms with E-state index in [4.69, 9.17) is 42.7 Å². The lowest BCUT2D eigenvalue weighted by Gasteiger charge is -2.37. The standard InChI is InChI=1S/C55H72Cl2N6O2/c1-8-9-10-11-12-13-14-15-16-25-47-48-29-30-51(60-48)53(41-21-17-23-45(38-41)64-36-19-34-62(2,3)4)50-28-26-43(58-50)40-44-27-31-52(59-44)55(57,54(56)33-32-49(47)61-54)42-22-18-24-46(39-42)65-37-20-35-63(5,6)7/h17-18,21-24,26-33,38-40,59-60H,8-16,19-20,25,34-37H2,1-7H3/q+2. The average molecular weight is 920 g/mol. The van der Waals surface area contributed by atoms with Gasteiger partial charge in [-0.25, -0.2) is 4.99 Å². The summed E-state index contributed by atoms with van der Waals surface area (Å²) < 4.78 is 14.5. The Hall–Kier alpha value is -4.60. The second kappa shape index (κ2) is 21.4. The van der Waals surface area contributed by atoms with E-state index in [-0.39, 0.29) is 0 Å². The smallest absolute Gasteiger partial charge is 0.181 e. The Kier molecular flexibility index (Phi) is 15.9. The summed E-state index contributed by atoms with van der Waals surface area (Å²) in [5.41, 5.74) is 8.03. The van der Waals surface area contributed by atoms with Crippen LogP contribution in [0.2, 0.25) is 0 Å². The minimum Gasteiger partial charge on any atom is -0.493 e. The molecule has 10 heteroatoms. The number of rotatable bonds is 22. The molecular formula is C55H72Cl2N6O2+2. The molecule has 65 heavy (non-hydrogen) atoms. The zero-order valence-corrected chi connectivity index (χ0v) is 41.5. The van der Waals surface area contributed by atoms with Crippen molar-refractivity contribution in [3.63, 3.8) is 0 Å². The van der Waals surface area contributed by atoms with E-state index in [9.17, 15) is 0 Å². The first-order valence-corrected chi connectivity index (χ1v) is 24.8. The number of hydrogen-bond donors (Lipinski definition) is 2. The van der Waals surface area contributed by atoms with Crippen LogP contribution in [-0.2, 0) is 4.87 Å². The van der Waals surface area contributed by atoms with Crippen molar-refractivity contribution in [2.24, 2.45) is 9.98 Å². The monoisotopic (exact) mass is 919 g/mol. The van der Waals surface area contributed by atoms with Gasteiger partial charge in [0, 0.05) is 46.1 Å². The van der Waals surface area contributed by atoms with Gasteiger partial charge in [0.05, 0.1) is 85.7 Å². The number of nitrogens with zero attached hydrogens (tertiary/aromatic N) is 4. The number of aromatic nitrogens is 2. The highest BCUT2D eigenvalue weighted by molar-refractivity contribution is 6.40. The molecule has 8 nitrogen and oxygen atoms in total. The molecule has 2 N–H and O–H groups in total. The minimum atomic E-state index is -1.38. The Morgan fingerprint density at radius 3 is 1.97 bits per heavy atom. The van der Waals surface area contributed by atoms with E-state index in [2.05, 4.69) is 108 Å². The third-order valence-corrected chi connectivity index (χ3v) is 13.8. The molecule has 3 aliphatic heterocycles. The zero-order chi connectivity index (χ0) is 46.1.